The Morgan fingerprint density at radius 3 is 2.68 bits per heavy atom. The summed E-state index contributed by atoms with van der Waals surface area (Å²) in [5.74, 6) is -0.885. The minimum atomic E-state index is -0.982. The Labute approximate surface area is 109 Å². The lowest BCUT2D eigenvalue weighted by Gasteiger charge is -2.03. The van der Waals surface area contributed by atoms with Crippen molar-refractivity contribution < 1.29 is 14.3 Å². The first-order valence-electron chi connectivity index (χ1n) is 5.77. The lowest BCUT2D eigenvalue weighted by Crippen LogP contribution is -2.16. The van der Waals surface area contributed by atoms with Crippen molar-refractivity contribution in [3.8, 4) is 11.3 Å². The lowest BCUT2D eigenvalue weighted by atomic mass is 10.1. The summed E-state index contributed by atoms with van der Waals surface area (Å²) >= 11 is 0. The Morgan fingerprint density at radius 2 is 2.11 bits per heavy atom. The number of benzene rings is 1. The molecular weight excluding hydrogens is 249 g/mol. The Bertz CT molecular complexity index is 592. The van der Waals surface area contributed by atoms with Crippen LogP contribution in [-0.2, 0) is 4.79 Å². The van der Waals surface area contributed by atoms with Gasteiger partial charge in [0.05, 0.1) is 18.2 Å². The van der Waals surface area contributed by atoms with Crippen LogP contribution in [0.25, 0.3) is 11.3 Å². The van der Waals surface area contributed by atoms with E-state index in [0.717, 1.165) is 11.3 Å². The first-order valence-corrected chi connectivity index (χ1v) is 5.77. The minimum absolute atomic E-state index is 0.199. The fraction of sp³-hybridized carbons (Fsp3) is 0.231. The second-order valence-electron chi connectivity index (χ2n) is 4.31. The van der Waals surface area contributed by atoms with Gasteiger partial charge in [0.25, 0.3) is 0 Å². The van der Waals surface area contributed by atoms with Crippen molar-refractivity contribution in [2.24, 2.45) is 5.73 Å². The van der Waals surface area contributed by atoms with E-state index in [2.05, 4.69) is 9.97 Å². The third-order valence-corrected chi connectivity index (χ3v) is 2.77. The molecule has 0 bridgehead atoms. The number of aromatic amines is 1. The second-order valence-corrected chi connectivity index (χ2v) is 4.31. The Morgan fingerprint density at radius 1 is 1.47 bits per heavy atom. The third kappa shape index (κ3) is 2.97. The molecule has 2 rings (SSSR count). The maximum Gasteiger partial charge on any atom is 0.305 e. The molecular formula is C13H14FN3O2. The van der Waals surface area contributed by atoms with Crippen LogP contribution in [0.4, 0.5) is 4.39 Å². The number of carboxylic acids is 1. The number of hydrogen-bond donors (Lipinski definition) is 3. The number of nitrogens with zero attached hydrogens (tertiary/aromatic N) is 1. The molecule has 5 nitrogen and oxygen atoms in total. The standard InChI is InChI=1S/C13H14FN3O2/c1-7-12(8-2-4-9(14)5-3-8)17-13(16-7)10(15)6-11(18)19/h2-5,10H,6,15H2,1H3,(H,16,17)(H,18,19). The van der Waals surface area contributed by atoms with Gasteiger partial charge in [0.15, 0.2) is 0 Å². The number of hydrogen-bond acceptors (Lipinski definition) is 3. The number of aryl methyl sites for hydroxylation is 1. The first-order chi connectivity index (χ1) is 8.97. The highest BCUT2D eigenvalue weighted by atomic mass is 19.1. The number of rotatable bonds is 4. The molecule has 1 unspecified atom stereocenters. The molecule has 1 aromatic carbocycles. The van der Waals surface area contributed by atoms with Gasteiger partial charge in [0.2, 0.25) is 0 Å². The van der Waals surface area contributed by atoms with Crippen LogP contribution in [0.1, 0.15) is 24.0 Å². The molecule has 0 saturated carbocycles. The molecule has 100 valence electrons. The van der Waals surface area contributed by atoms with Crippen molar-refractivity contribution in [1.29, 1.82) is 0 Å². The van der Waals surface area contributed by atoms with E-state index in [1.54, 1.807) is 12.1 Å². The molecule has 6 heteroatoms. The van der Waals surface area contributed by atoms with E-state index in [9.17, 15) is 9.18 Å². The van der Waals surface area contributed by atoms with Crippen molar-refractivity contribution in [3.63, 3.8) is 0 Å². The number of carbonyl (C=O) groups is 1. The van der Waals surface area contributed by atoms with Gasteiger partial charge >= 0.3 is 5.97 Å². The number of nitrogens with one attached hydrogen (secondary N) is 1. The zero-order chi connectivity index (χ0) is 14.0. The molecule has 1 aromatic heterocycles. The molecule has 0 amide bonds. The highest BCUT2D eigenvalue weighted by Crippen LogP contribution is 2.23. The Balaban J connectivity index is 2.30. The van der Waals surface area contributed by atoms with Gasteiger partial charge in [0, 0.05) is 11.3 Å². The topological polar surface area (TPSA) is 92.0 Å². The zero-order valence-electron chi connectivity index (χ0n) is 10.4. The maximum absolute atomic E-state index is 12.9. The van der Waals surface area contributed by atoms with Gasteiger partial charge in [0.1, 0.15) is 11.6 Å². The first kappa shape index (κ1) is 13.2. The molecule has 0 aliphatic heterocycles. The van der Waals surface area contributed by atoms with Gasteiger partial charge < -0.3 is 15.8 Å². The van der Waals surface area contributed by atoms with E-state index < -0.39 is 12.0 Å². The van der Waals surface area contributed by atoms with Crippen molar-refractivity contribution in [3.05, 3.63) is 41.6 Å². The number of halogens is 1. The summed E-state index contributed by atoms with van der Waals surface area (Å²) in [5.41, 5.74) is 7.91. The molecule has 0 radical (unpaired) electrons. The van der Waals surface area contributed by atoms with E-state index in [4.69, 9.17) is 10.8 Å². The average molecular weight is 263 g/mol. The minimum Gasteiger partial charge on any atom is -0.481 e. The van der Waals surface area contributed by atoms with E-state index >= 15 is 0 Å². The largest absolute Gasteiger partial charge is 0.481 e. The molecule has 0 aliphatic carbocycles. The maximum atomic E-state index is 12.9. The molecule has 1 atom stereocenters. The Kier molecular flexibility index (Phi) is 3.62. The van der Waals surface area contributed by atoms with E-state index in [-0.39, 0.29) is 12.2 Å². The fourth-order valence-electron chi connectivity index (χ4n) is 1.83. The van der Waals surface area contributed by atoms with Crippen molar-refractivity contribution >= 4 is 5.97 Å². The summed E-state index contributed by atoms with van der Waals surface area (Å²) < 4.78 is 12.9. The van der Waals surface area contributed by atoms with Crippen LogP contribution in [0, 0.1) is 12.7 Å². The predicted molar refractivity (Wildman–Crippen MR) is 67.9 cm³/mol. The normalized spacial score (nSPS) is 12.4. The van der Waals surface area contributed by atoms with Crippen LogP contribution in [-0.4, -0.2) is 21.0 Å². The highest BCUT2D eigenvalue weighted by molar-refractivity contribution is 5.68. The molecule has 4 N–H and O–H groups in total. The lowest BCUT2D eigenvalue weighted by molar-refractivity contribution is -0.137. The van der Waals surface area contributed by atoms with Crippen LogP contribution in [0.15, 0.2) is 24.3 Å². The third-order valence-electron chi connectivity index (χ3n) is 2.77. The highest BCUT2D eigenvalue weighted by Gasteiger charge is 2.17. The number of imidazole rings is 1. The second kappa shape index (κ2) is 5.19. The van der Waals surface area contributed by atoms with Crippen LogP contribution >= 0.6 is 0 Å². The predicted octanol–water partition coefficient (Wildman–Crippen LogP) is 2.00. The summed E-state index contributed by atoms with van der Waals surface area (Å²) in [5, 5.41) is 8.71. The van der Waals surface area contributed by atoms with Crippen LogP contribution < -0.4 is 5.73 Å². The molecule has 19 heavy (non-hydrogen) atoms. The summed E-state index contributed by atoms with van der Waals surface area (Å²) in [7, 11) is 0. The molecule has 1 heterocycles. The zero-order valence-corrected chi connectivity index (χ0v) is 10.4. The SMILES string of the molecule is Cc1[nH]c(C(N)CC(=O)O)nc1-c1ccc(F)cc1. The summed E-state index contributed by atoms with van der Waals surface area (Å²) in [6.45, 7) is 1.81. The molecule has 0 saturated heterocycles. The van der Waals surface area contributed by atoms with Crippen molar-refractivity contribution in [2.75, 3.05) is 0 Å². The fourth-order valence-corrected chi connectivity index (χ4v) is 1.83. The summed E-state index contributed by atoms with van der Waals surface area (Å²) in [4.78, 5) is 17.9. The molecule has 0 fully saturated rings. The average Bonchev–Trinajstić information content (AvgIpc) is 2.72. The monoisotopic (exact) mass is 263 g/mol. The molecule has 0 aliphatic rings. The quantitative estimate of drug-likeness (QED) is 0.786. The van der Waals surface area contributed by atoms with Gasteiger partial charge in [-0.25, -0.2) is 9.37 Å². The van der Waals surface area contributed by atoms with E-state index in [1.165, 1.54) is 12.1 Å². The van der Waals surface area contributed by atoms with Gasteiger partial charge in [-0.2, -0.15) is 0 Å². The van der Waals surface area contributed by atoms with Crippen molar-refractivity contribution in [2.45, 2.75) is 19.4 Å². The van der Waals surface area contributed by atoms with Gasteiger partial charge in [-0.3, -0.25) is 4.79 Å². The number of aromatic nitrogens is 2. The van der Waals surface area contributed by atoms with Crippen molar-refractivity contribution in [1.82, 2.24) is 9.97 Å². The van der Waals surface area contributed by atoms with Crippen LogP contribution in [0.3, 0.4) is 0 Å². The van der Waals surface area contributed by atoms with Gasteiger partial charge in [-0.05, 0) is 31.2 Å². The summed E-state index contributed by atoms with van der Waals surface area (Å²) in [6.07, 6.45) is -0.199. The Hall–Kier alpha value is -2.21. The molecule has 2 aromatic rings. The number of nitrogens with two attached hydrogens (primary N) is 1. The number of H-pyrrole nitrogens is 1. The van der Waals surface area contributed by atoms with Crippen LogP contribution in [0.2, 0.25) is 0 Å². The number of carboxylic acid groups (broad SMARTS) is 1. The smallest absolute Gasteiger partial charge is 0.305 e. The van der Waals surface area contributed by atoms with E-state index in [0.29, 0.717) is 11.5 Å². The van der Waals surface area contributed by atoms with E-state index in [1.807, 2.05) is 6.92 Å². The van der Waals surface area contributed by atoms with Gasteiger partial charge in [-0.15, -0.1) is 0 Å². The number of aliphatic carboxylic acids is 1. The van der Waals surface area contributed by atoms with Gasteiger partial charge in [-0.1, -0.05) is 0 Å². The van der Waals surface area contributed by atoms with Crippen LogP contribution in [0.5, 0.6) is 0 Å². The molecule has 0 spiro atoms. The summed E-state index contributed by atoms with van der Waals surface area (Å²) in [6, 6.07) is 5.24.